The van der Waals surface area contributed by atoms with Crippen LogP contribution in [0.5, 0.6) is 0 Å². The molecule has 3 rings (SSSR count). The van der Waals surface area contributed by atoms with E-state index in [0.29, 0.717) is 0 Å². The third-order valence-corrected chi connectivity index (χ3v) is 4.29. The van der Waals surface area contributed by atoms with Crippen LogP contribution in [-0.2, 0) is 0 Å². The van der Waals surface area contributed by atoms with E-state index in [-0.39, 0.29) is 11.8 Å². The number of rotatable bonds is 4. The molecule has 1 aromatic heterocycles. The molecule has 0 aliphatic heterocycles. The van der Waals surface area contributed by atoms with E-state index in [4.69, 9.17) is 0 Å². The molecule has 3 nitrogen and oxygen atoms in total. The van der Waals surface area contributed by atoms with E-state index >= 15 is 0 Å². The van der Waals surface area contributed by atoms with Crippen molar-refractivity contribution in [3.8, 4) is 0 Å². The van der Waals surface area contributed by atoms with E-state index in [1.165, 1.54) is 0 Å². The lowest BCUT2D eigenvalue weighted by Crippen LogP contribution is -2.26. The highest BCUT2D eigenvalue weighted by Gasteiger charge is 2.21. The molecule has 4 heteroatoms. The van der Waals surface area contributed by atoms with Gasteiger partial charge >= 0.3 is 0 Å². The highest BCUT2D eigenvalue weighted by atomic mass is 79.9. The van der Waals surface area contributed by atoms with Crippen LogP contribution in [0.15, 0.2) is 53.0 Å². The number of ketones is 1. The number of halogens is 1. The van der Waals surface area contributed by atoms with Gasteiger partial charge in [0.05, 0.1) is 6.04 Å². The summed E-state index contributed by atoms with van der Waals surface area (Å²) in [6, 6.07) is 15.4. The van der Waals surface area contributed by atoms with Crippen molar-refractivity contribution in [2.75, 3.05) is 5.32 Å². The summed E-state index contributed by atoms with van der Waals surface area (Å²) in [5.41, 5.74) is 3.61. The van der Waals surface area contributed by atoms with Gasteiger partial charge in [-0.15, -0.1) is 0 Å². The Morgan fingerprint density at radius 1 is 1.14 bits per heavy atom. The average Bonchev–Trinajstić information content (AvgIpc) is 2.84. The van der Waals surface area contributed by atoms with Gasteiger partial charge in [0.2, 0.25) is 0 Å². The van der Waals surface area contributed by atoms with Crippen molar-refractivity contribution in [3.05, 3.63) is 64.3 Å². The highest BCUT2D eigenvalue weighted by molar-refractivity contribution is 9.10. The smallest absolute Gasteiger partial charge is 0.187 e. The SMILES string of the molecule is Cc1[nH]c2ccccc2c1C(=O)[C@@H](C)Nc1ccc(Br)cc1. The fourth-order valence-electron chi connectivity index (χ4n) is 2.67. The molecule has 0 saturated heterocycles. The number of hydrogen-bond donors (Lipinski definition) is 2. The molecule has 22 heavy (non-hydrogen) atoms. The number of H-pyrrole nitrogens is 1. The lowest BCUT2D eigenvalue weighted by Gasteiger charge is -2.14. The predicted octanol–water partition coefficient (Wildman–Crippen LogP) is 4.92. The Morgan fingerprint density at radius 3 is 2.55 bits per heavy atom. The van der Waals surface area contributed by atoms with Gasteiger partial charge < -0.3 is 10.3 Å². The largest absolute Gasteiger partial charge is 0.375 e. The Kier molecular flexibility index (Phi) is 4.03. The number of anilines is 1. The summed E-state index contributed by atoms with van der Waals surface area (Å²) in [5, 5.41) is 4.25. The van der Waals surface area contributed by atoms with Crippen LogP contribution in [0.4, 0.5) is 5.69 Å². The zero-order valence-electron chi connectivity index (χ0n) is 12.5. The number of fused-ring (bicyclic) bond motifs is 1. The second-order valence-electron chi connectivity index (χ2n) is 5.41. The van der Waals surface area contributed by atoms with E-state index < -0.39 is 0 Å². The van der Waals surface area contributed by atoms with Gasteiger partial charge in [-0.25, -0.2) is 0 Å². The molecule has 112 valence electrons. The maximum Gasteiger partial charge on any atom is 0.187 e. The second kappa shape index (κ2) is 5.97. The number of para-hydroxylation sites is 1. The molecule has 0 amide bonds. The number of nitrogens with one attached hydrogen (secondary N) is 2. The first-order valence-corrected chi connectivity index (χ1v) is 7.99. The normalized spacial score (nSPS) is 12.3. The van der Waals surface area contributed by atoms with Gasteiger partial charge in [-0.3, -0.25) is 4.79 Å². The summed E-state index contributed by atoms with van der Waals surface area (Å²) >= 11 is 3.41. The Morgan fingerprint density at radius 2 is 1.82 bits per heavy atom. The molecule has 0 aliphatic carbocycles. The van der Waals surface area contributed by atoms with Crippen molar-refractivity contribution in [2.24, 2.45) is 0 Å². The van der Waals surface area contributed by atoms with Crippen LogP contribution < -0.4 is 5.32 Å². The average molecular weight is 357 g/mol. The van der Waals surface area contributed by atoms with E-state index in [1.54, 1.807) is 0 Å². The van der Waals surface area contributed by atoms with E-state index in [2.05, 4.69) is 26.2 Å². The van der Waals surface area contributed by atoms with Gasteiger partial charge in [0.25, 0.3) is 0 Å². The molecule has 2 aromatic carbocycles. The minimum atomic E-state index is -0.293. The minimum Gasteiger partial charge on any atom is -0.375 e. The quantitative estimate of drug-likeness (QED) is 0.651. The van der Waals surface area contributed by atoms with Gasteiger partial charge in [0, 0.05) is 32.3 Å². The number of aromatic amines is 1. The Bertz CT molecular complexity index is 821. The molecule has 0 fully saturated rings. The molecule has 2 N–H and O–H groups in total. The van der Waals surface area contributed by atoms with Crippen molar-refractivity contribution in [1.29, 1.82) is 0 Å². The molecule has 1 heterocycles. The van der Waals surface area contributed by atoms with Crippen molar-refractivity contribution in [1.82, 2.24) is 4.98 Å². The molecule has 3 aromatic rings. The first-order chi connectivity index (χ1) is 10.6. The van der Waals surface area contributed by atoms with E-state index in [9.17, 15) is 4.79 Å². The summed E-state index contributed by atoms with van der Waals surface area (Å²) in [6.45, 7) is 3.84. The third kappa shape index (κ3) is 2.79. The molecule has 0 saturated carbocycles. The standard InChI is InChI=1S/C18H17BrN2O/c1-11-17(15-5-3-4-6-16(15)21-11)18(22)12(2)20-14-9-7-13(19)8-10-14/h3-10,12,20-21H,1-2H3/t12-/m1/s1. The van der Waals surface area contributed by atoms with E-state index in [1.807, 2.05) is 62.4 Å². The van der Waals surface area contributed by atoms with Gasteiger partial charge in [0.15, 0.2) is 5.78 Å². The fourth-order valence-corrected chi connectivity index (χ4v) is 2.94. The summed E-state index contributed by atoms with van der Waals surface area (Å²) in [6.07, 6.45) is 0. The van der Waals surface area contributed by atoms with Crippen LogP contribution in [0.3, 0.4) is 0 Å². The maximum atomic E-state index is 12.8. The van der Waals surface area contributed by atoms with Crippen LogP contribution >= 0.6 is 15.9 Å². The highest BCUT2D eigenvalue weighted by Crippen LogP contribution is 2.24. The predicted molar refractivity (Wildman–Crippen MR) is 94.6 cm³/mol. The van der Waals surface area contributed by atoms with Crippen LogP contribution in [0.2, 0.25) is 0 Å². The molecule has 1 atom stereocenters. The third-order valence-electron chi connectivity index (χ3n) is 3.76. The first kappa shape index (κ1) is 14.9. The summed E-state index contributed by atoms with van der Waals surface area (Å²) in [5.74, 6) is 0.0952. The molecule has 0 spiro atoms. The summed E-state index contributed by atoms with van der Waals surface area (Å²) in [4.78, 5) is 16.1. The zero-order valence-corrected chi connectivity index (χ0v) is 14.1. The first-order valence-electron chi connectivity index (χ1n) is 7.20. The van der Waals surface area contributed by atoms with Gasteiger partial charge in [-0.1, -0.05) is 34.1 Å². The summed E-state index contributed by atoms with van der Waals surface area (Å²) in [7, 11) is 0. The lowest BCUT2D eigenvalue weighted by molar-refractivity contribution is 0.0976. The minimum absolute atomic E-state index is 0.0952. The van der Waals surface area contributed by atoms with Crippen LogP contribution in [0.1, 0.15) is 23.0 Å². The molecule has 0 radical (unpaired) electrons. The Labute approximate surface area is 137 Å². The molecule has 0 aliphatic rings. The van der Waals surface area contributed by atoms with Gasteiger partial charge in [0.1, 0.15) is 0 Å². The number of aromatic nitrogens is 1. The van der Waals surface area contributed by atoms with Crippen LogP contribution in [0.25, 0.3) is 10.9 Å². The number of benzene rings is 2. The number of aryl methyl sites for hydroxylation is 1. The molecule has 0 unspecified atom stereocenters. The zero-order chi connectivity index (χ0) is 15.7. The molecule has 0 bridgehead atoms. The number of carbonyl (C=O) groups excluding carboxylic acids is 1. The monoisotopic (exact) mass is 356 g/mol. The lowest BCUT2D eigenvalue weighted by atomic mass is 10.0. The van der Waals surface area contributed by atoms with Crippen molar-refractivity contribution < 1.29 is 4.79 Å². The van der Waals surface area contributed by atoms with Crippen LogP contribution in [0, 0.1) is 6.92 Å². The summed E-state index contributed by atoms with van der Waals surface area (Å²) < 4.78 is 1.02. The van der Waals surface area contributed by atoms with Crippen LogP contribution in [-0.4, -0.2) is 16.8 Å². The van der Waals surface area contributed by atoms with Gasteiger partial charge in [-0.05, 0) is 44.2 Å². The number of Topliss-reactive ketones (excluding diaryl/α,β-unsaturated/α-hetero) is 1. The van der Waals surface area contributed by atoms with E-state index in [0.717, 1.165) is 32.3 Å². The molecular weight excluding hydrogens is 340 g/mol. The fraction of sp³-hybridized carbons (Fsp3) is 0.167. The second-order valence-corrected chi connectivity index (χ2v) is 6.32. The molecular formula is C18H17BrN2O. The van der Waals surface area contributed by atoms with Crippen molar-refractivity contribution in [3.63, 3.8) is 0 Å². The van der Waals surface area contributed by atoms with Crippen molar-refractivity contribution in [2.45, 2.75) is 19.9 Å². The van der Waals surface area contributed by atoms with Crippen molar-refractivity contribution >= 4 is 38.3 Å². The Balaban J connectivity index is 1.88. The number of carbonyl (C=O) groups is 1. The topological polar surface area (TPSA) is 44.9 Å². The Hall–Kier alpha value is -2.07. The number of hydrogen-bond acceptors (Lipinski definition) is 2. The maximum absolute atomic E-state index is 12.8. The van der Waals surface area contributed by atoms with Gasteiger partial charge in [-0.2, -0.15) is 0 Å².